The Labute approximate surface area is 91.5 Å². The number of benzene rings is 1. The third kappa shape index (κ3) is 2.11. The highest BCUT2D eigenvalue weighted by atomic mass is 16.1. The summed E-state index contributed by atoms with van der Waals surface area (Å²) in [5, 5.41) is 0. The third-order valence-corrected chi connectivity index (χ3v) is 3.34. The van der Waals surface area contributed by atoms with Gasteiger partial charge in [-0.05, 0) is 36.3 Å². The van der Waals surface area contributed by atoms with Crippen LogP contribution in [0.5, 0.6) is 0 Å². The van der Waals surface area contributed by atoms with Gasteiger partial charge in [-0.3, -0.25) is 4.79 Å². The Morgan fingerprint density at radius 2 is 1.87 bits per heavy atom. The average molecular weight is 202 g/mol. The van der Waals surface area contributed by atoms with E-state index in [1.54, 1.807) is 6.92 Å². The van der Waals surface area contributed by atoms with Crippen molar-refractivity contribution >= 4 is 5.78 Å². The molecule has 0 N–H and O–H groups in total. The molecular weight excluding hydrogens is 184 g/mol. The van der Waals surface area contributed by atoms with E-state index in [0.29, 0.717) is 23.5 Å². The van der Waals surface area contributed by atoms with E-state index in [1.165, 1.54) is 11.1 Å². The molecular formula is C14H18O. The summed E-state index contributed by atoms with van der Waals surface area (Å²) >= 11 is 0. The molecule has 1 saturated carbocycles. The molecule has 2 rings (SSSR count). The van der Waals surface area contributed by atoms with Gasteiger partial charge < -0.3 is 0 Å². The van der Waals surface area contributed by atoms with Crippen LogP contribution in [0.3, 0.4) is 0 Å². The summed E-state index contributed by atoms with van der Waals surface area (Å²) in [5.74, 6) is 1.73. The fraction of sp³-hybridized carbons (Fsp3) is 0.500. The summed E-state index contributed by atoms with van der Waals surface area (Å²) in [7, 11) is 0. The molecule has 1 heteroatoms. The first-order chi connectivity index (χ1) is 7.09. The number of hydrogen-bond donors (Lipinski definition) is 0. The maximum absolute atomic E-state index is 11.2. The van der Waals surface area contributed by atoms with Gasteiger partial charge in [-0.15, -0.1) is 0 Å². The molecule has 1 fully saturated rings. The molecule has 2 atom stereocenters. The Balaban J connectivity index is 2.09. The van der Waals surface area contributed by atoms with E-state index in [4.69, 9.17) is 0 Å². The minimum absolute atomic E-state index is 0.301. The summed E-state index contributed by atoms with van der Waals surface area (Å²) in [6, 6.07) is 8.75. The summed E-state index contributed by atoms with van der Waals surface area (Å²) in [4.78, 5) is 11.2. The predicted octanol–water partition coefficient (Wildman–Crippen LogP) is 3.50. The molecule has 0 heterocycles. The third-order valence-electron chi connectivity index (χ3n) is 3.34. The van der Waals surface area contributed by atoms with Gasteiger partial charge in [-0.2, -0.15) is 0 Å². The fourth-order valence-electron chi connectivity index (χ4n) is 2.14. The zero-order chi connectivity index (χ0) is 11.0. The van der Waals surface area contributed by atoms with Crippen LogP contribution in [-0.4, -0.2) is 5.78 Å². The molecule has 0 spiro atoms. The summed E-state index contributed by atoms with van der Waals surface area (Å²) < 4.78 is 0. The topological polar surface area (TPSA) is 17.1 Å². The summed E-state index contributed by atoms with van der Waals surface area (Å²) in [6.07, 6.45) is 1.05. The smallest absolute Gasteiger partial charge is 0.133 e. The largest absolute Gasteiger partial charge is 0.300 e. The lowest BCUT2D eigenvalue weighted by Gasteiger charge is -2.06. The van der Waals surface area contributed by atoms with Crippen molar-refractivity contribution in [1.29, 1.82) is 0 Å². The molecule has 1 nitrogen and oxygen atoms in total. The molecule has 1 aliphatic carbocycles. The molecule has 0 aliphatic heterocycles. The minimum Gasteiger partial charge on any atom is -0.300 e. The summed E-state index contributed by atoms with van der Waals surface area (Å²) in [5.41, 5.74) is 2.71. The highest BCUT2D eigenvalue weighted by Crippen LogP contribution is 2.47. The van der Waals surface area contributed by atoms with Crippen LogP contribution in [0.25, 0.3) is 0 Å². The first-order valence-electron chi connectivity index (χ1n) is 5.70. The van der Waals surface area contributed by atoms with Gasteiger partial charge in [0, 0.05) is 5.92 Å². The number of Topliss-reactive ketones (excluding diaryl/α,β-unsaturated/α-hetero) is 1. The van der Waals surface area contributed by atoms with E-state index in [9.17, 15) is 4.79 Å². The van der Waals surface area contributed by atoms with Crippen LogP contribution in [0.4, 0.5) is 0 Å². The van der Waals surface area contributed by atoms with Gasteiger partial charge in [0.15, 0.2) is 0 Å². The van der Waals surface area contributed by atoms with E-state index in [2.05, 4.69) is 38.1 Å². The molecule has 0 unspecified atom stereocenters. The Bertz CT molecular complexity index is 361. The lowest BCUT2D eigenvalue weighted by Crippen LogP contribution is -1.95. The Morgan fingerprint density at radius 3 is 2.27 bits per heavy atom. The minimum atomic E-state index is 0.301. The van der Waals surface area contributed by atoms with Crippen molar-refractivity contribution < 1.29 is 4.79 Å². The summed E-state index contributed by atoms with van der Waals surface area (Å²) in [6.45, 7) is 6.10. The molecule has 1 aromatic carbocycles. The standard InChI is InChI=1S/C14H18O/c1-9(2)11-4-6-12(7-5-11)14-8-13(14)10(3)15/h4-7,9,13-14H,8H2,1-3H3/t13-,14+/m1/s1. The fourth-order valence-corrected chi connectivity index (χ4v) is 2.14. The van der Waals surface area contributed by atoms with Gasteiger partial charge in [0.05, 0.1) is 0 Å². The number of ketones is 1. The maximum atomic E-state index is 11.2. The van der Waals surface area contributed by atoms with Crippen LogP contribution in [0, 0.1) is 5.92 Å². The van der Waals surface area contributed by atoms with Gasteiger partial charge in [-0.1, -0.05) is 38.1 Å². The maximum Gasteiger partial charge on any atom is 0.133 e. The number of rotatable bonds is 3. The lowest BCUT2D eigenvalue weighted by molar-refractivity contribution is -0.118. The molecule has 15 heavy (non-hydrogen) atoms. The number of carbonyl (C=O) groups is 1. The Hall–Kier alpha value is -1.11. The highest BCUT2D eigenvalue weighted by molar-refractivity contribution is 5.82. The lowest BCUT2D eigenvalue weighted by atomic mass is 9.99. The van der Waals surface area contributed by atoms with Crippen LogP contribution in [-0.2, 0) is 4.79 Å². The zero-order valence-corrected chi connectivity index (χ0v) is 9.66. The van der Waals surface area contributed by atoms with Crippen molar-refractivity contribution in [1.82, 2.24) is 0 Å². The van der Waals surface area contributed by atoms with Crippen molar-refractivity contribution in [2.75, 3.05) is 0 Å². The molecule has 0 aromatic heterocycles. The molecule has 1 aromatic rings. The molecule has 0 amide bonds. The number of carbonyl (C=O) groups excluding carboxylic acids is 1. The average Bonchev–Trinajstić information content (AvgIpc) is 2.97. The molecule has 0 bridgehead atoms. The molecule has 0 saturated heterocycles. The second-order valence-corrected chi connectivity index (χ2v) is 4.88. The Kier molecular flexibility index (Phi) is 2.64. The van der Waals surface area contributed by atoms with E-state index in [1.807, 2.05) is 0 Å². The van der Waals surface area contributed by atoms with Gasteiger partial charge in [0.2, 0.25) is 0 Å². The van der Waals surface area contributed by atoms with Crippen molar-refractivity contribution in [2.45, 2.75) is 39.0 Å². The second kappa shape index (κ2) is 3.80. The number of hydrogen-bond acceptors (Lipinski definition) is 1. The zero-order valence-electron chi connectivity index (χ0n) is 9.66. The van der Waals surface area contributed by atoms with Crippen LogP contribution in [0.2, 0.25) is 0 Å². The van der Waals surface area contributed by atoms with Crippen LogP contribution in [0.15, 0.2) is 24.3 Å². The first kappa shape index (κ1) is 10.4. The molecule has 0 radical (unpaired) electrons. The van der Waals surface area contributed by atoms with E-state index < -0.39 is 0 Å². The molecule has 1 aliphatic rings. The normalized spacial score (nSPS) is 24.3. The molecule has 80 valence electrons. The highest BCUT2D eigenvalue weighted by Gasteiger charge is 2.41. The second-order valence-electron chi connectivity index (χ2n) is 4.88. The van der Waals surface area contributed by atoms with Crippen LogP contribution < -0.4 is 0 Å². The van der Waals surface area contributed by atoms with E-state index in [0.717, 1.165) is 6.42 Å². The predicted molar refractivity (Wildman–Crippen MR) is 62.1 cm³/mol. The Morgan fingerprint density at radius 1 is 1.27 bits per heavy atom. The van der Waals surface area contributed by atoms with Crippen molar-refractivity contribution in [3.63, 3.8) is 0 Å². The van der Waals surface area contributed by atoms with E-state index >= 15 is 0 Å². The van der Waals surface area contributed by atoms with Crippen LogP contribution >= 0.6 is 0 Å². The SMILES string of the molecule is CC(=O)[C@H]1C[C@H]1c1ccc(C(C)C)cc1. The first-order valence-corrected chi connectivity index (χ1v) is 5.70. The van der Waals surface area contributed by atoms with Gasteiger partial charge >= 0.3 is 0 Å². The van der Waals surface area contributed by atoms with Gasteiger partial charge in [0.1, 0.15) is 5.78 Å². The van der Waals surface area contributed by atoms with Crippen molar-refractivity contribution in [3.8, 4) is 0 Å². The quantitative estimate of drug-likeness (QED) is 0.733. The van der Waals surface area contributed by atoms with E-state index in [-0.39, 0.29) is 0 Å². The van der Waals surface area contributed by atoms with Crippen molar-refractivity contribution in [2.24, 2.45) is 5.92 Å². The van der Waals surface area contributed by atoms with Gasteiger partial charge in [0.25, 0.3) is 0 Å². The van der Waals surface area contributed by atoms with Crippen LogP contribution in [0.1, 0.15) is 50.2 Å². The monoisotopic (exact) mass is 202 g/mol. The van der Waals surface area contributed by atoms with Crippen molar-refractivity contribution in [3.05, 3.63) is 35.4 Å². The van der Waals surface area contributed by atoms with Gasteiger partial charge in [-0.25, -0.2) is 0 Å².